The average molecular weight is 302 g/mol. The fourth-order valence-corrected chi connectivity index (χ4v) is 3.00. The van der Waals surface area contributed by atoms with Crippen molar-refractivity contribution in [3.63, 3.8) is 0 Å². The maximum absolute atomic E-state index is 10.3. The highest BCUT2D eigenvalue weighted by Gasteiger charge is 2.24. The molecule has 0 bridgehead atoms. The Kier molecular flexibility index (Phi) is 3.97. The molecule has 0 fully saturated rings. The maximum Gasteiger partial charge on any atom is 0.102 e. The van der Waals surface area contributed by atoms with Gasteiger partial charge in [0.15, 0.2) is 0 Å². The summed E-state index contributed by atoms with van der Waals surface area (Å²) in [6.07, 6.45) is 0.992. The lowest BCUT2D eigenvalue weighted by Gasteiger charge is -2.25. The zero-order valence-corrected chi connectivity index (χ0v) is 12.1. The minimum absolute atomic E-state index is 0.316. The molecule has 21 heavy (non-hydrogen) atoms. The molecule has 108 valence electrons. The van der Waals surface area contributed by atoms with Crippen molar-refractivity contribution in [1.82, 2.24) is 4.57 Å². The van der Waals surface area contributed by atoms with Crippen LogP contribution in [0.25, 0.3) is 10.9 Å². The van der Waals surface area contributed by atoms with Crippen molar-refractivity contribution < 1.29 is 10.2 Å². The molecule has 0 saturated carbocycles. The number of halogens is 1. The summed E-state index contributed by atoms with van der Waals surface area (Å²) >= 11 is 6.32. The standard InChI is InChI=1S/C17H16ClNO2/c18-14-8-4-7-13-9-10-19(16(13)14)17(15(21)11-20)12-5-2-1-3-6-12/h1-10,15,17,20-21H,11H2/t15-,17+/m1/s1. The summed E-state index contributed by atoms with van der Waals surface area (Å²) in [5.41, 5.74) is 1.79. The molecule has 0 amide bonds. The van der Waals surface area contributed by atoms with Gasteiger partial charge < -0.3 is 14.8 Å². The summed E-state index contributed by atoms with van der Waals surface area (Å²) in [6, 6.07) is 16.9. The third-order valence-electron chi connectivity index (χ3n) is 3.68. The van der Waals surface area contributed by atoms with Crippen LogP contribution < -0.4 is 0 Å². The number of nitrogens with zero attached hydrogens (tertiary/aromatic N) is 1. The highest BCUT2D eigenvalue weighted by Crippen LogP contribution is 2.31. The minimum Gasteiger partial charge on any atom is -0.394 e. The number of aliphatic hydroxyl groups is 2. The molecule has 0 aliphatic carbocycles. The summed E-state index contributed by atoms with van der Waals surface area (Å²) in [4.78, 5) is 0. The smallest absolute Gasteiger partial charge is 0.102 e. The van der Waals surface area contributed by atoms with Gasteiger partial charge in [0.2, 0.25) is 0 Å². The van der Waals surface area contributed by atoms with Crippen molar-refractivity contribution in [3.8, 4) is 0 Å². The van der Waals surface area contributed by atoms with E-state index in [0.717, 1.165) is 16.5 Å². The van der Waals surface area contributed by atoms with E-state index in [1.54, 1.807) is 0 Å². The lowest BCUT2D eigenvalue weighted by molar-refractivity contribution is 0.0654. The number of benzene rings is 2. The van der Waals surface area contributed by atoms with Crippen molar-refractivity contribution in [2.45, 2.75) is 12.1 Å². The first-order valence-corrected chi connectivity index (χ1v) is 7.19. The van der Waals surface area contributed by atoms with Gasteiger partial charge in [-0.25, -0.2) is 0 Å². The van der Waals surface area contributed by atoms with Gasteiger partial charge >= 0.3 is 0 Å². The largest absolute Gasteiger partial charge is 0.394 e. The topological polar surface area (TPSA) is 45.4 Å². The van der Waals surface area contributed by atoms with E-state index in [9.17, 15) is 10.2 Å². The molecule has 3 rings (SSSR count). The van der Waals surface area contributed by atoms with Crippen LogP contribution >= 0.6 is 11.6 Å². The van der Waals surface area contributed by atoms with Crippen LogP contribution in [0.5, 0.6) is 0 Å². The zero-order valence-electron chi connectivity index (χ0n) is 11.4. The fraction of sp³-hybridized carbons (Fsp3) is 0.176. The SMILES string of the molecule is OC[C@@H](O)[C@H](c1ccccc1)n1ccc2cccc(Cl)c21. The Balaban J connectivity index is 2.20. The lowest BCUT2D eigenvalue weighted by atomic mass is 10.0. The second kappa shape index (κ2) is 5.90. The molecule has 0 radical (unpaired) electrons. The Hall–Kier alpha value is -1.81. The second-order valence-electron chi connectivity index (χ2n) is 5.01. The normalized spacial score (nSPS) is 14.2. The van der Waals surface area contributed by atoms with Crippen LogP contribution in [0.4, 0.5) is 0 Å². The van der Waals surface area contributed by atoms with E-state index in [1.165, 1.54) is 0 Å². The molecular formula is C17H16ClNO2. The molecule has 3 nitrogen and oxygen atoms in total. The first kappa shape index (κ1) is 14.1. The Morgan fingerprint density at radius 3 is 2.48 bits per heavy atom. The van der Waals surface area contributed by atoms with Crippen LogP contribution in [0.15, 0.2) is 60.8 Å². The van der Waals surface area contributed by atoms with Crippen LogP contribution in [0.3, 0.4) is 0 Å². The predicted octanol–water partition coefficient (Wildman–Crippen LogP) is 3.24. The summed E-state index contributed by atoms with van der Waals surface area (Å²) in [7, 11) is 0. The molecule has 0 aliphatic rings. The molecule has 1 heterocycles. The third-order valence-corrected chi connectivity index (χ3v) is 3.99. The van der Waals surface area contributed by atoms with Crippen LogP contribution in [0.2, 0.25) is 5.02 Å². The molecular weight excluding hydrogens is 286 g/mol. The Morgan fingerprint density at radius 2 is 1.76 bits per heavy atom. The molecule has 2 aromatic carbocycles. The molecule has 2 N–H and O–H groups in total. The lowest BCUT2D eigenvalue weighted by Crippen LogP contribution is -2.28. The Labute approximate surface area is 128 Å². The average Bonchev–Trinajstić information content (AvgIpc) is 2.94. The number of aliphatic hydroxyl groups excluding tert-OH is 2. The number of rotatable bonds is 4. The van der Waals surface area contributed by atoms with Crippen molar-refractivity contribution in [2.24, 2.45) is 0 Å². The van der Waals surface area contributed by atoms with Crippen molar-refractivity contribution >= 4 is 22.5 Å². The number of hydrogen-bond donors (Lipinski definition) is 2. The summed E-state index contributed by atoms with van der Waals surface area (Å²) in [6.45, 7) is -0.316. The molecule has 0 unspecified atom stereocenters. The van der Waals surface area contributed by atoms with Gasteiger partial charge in [0, 0.05) is 11.6 Å². The highest BCUT2D eigenvalue weighted by atomic mass is 35.5. The predicted molar refractivity (Wildman–Crippen MR) is 84.6 cm³/mol. The highest BCUT2D eigenvalue weighted by molar-refractivity contribution is 6.35. The second-order valence-corrected chi connectivity index (χ2v) is 5.41. The van der Waals surface area contributed by atoms with Crippen molar-refractivity contribution in [1.29, 1.82) is 0 Å². The van der Waals surface area contributed by atoms with Gasteiger partial charge in [-0.05, 0) is 17.7 Å². The molecule has 0 saturated heterocycles. The minimum atomic E-state index is -0.903. The molecule has 0 spiro atoms. The van der Waals surface area contributed by atoms with Gasteiger partial charge in [0.1, 0.15) is 6.10 Å². The summed E-state index contributed by atoms with van der Waals surface area (Å²) in [5, 5.41) is 21.3. The van der Waals surface area contributed by atoms with Crippen LogP contribution in [0.1, 0.15) is 11.6 Å². The van der Waals surface area contributed by atoms with Crippen molar-refractivity contribution in [2.75, 3.05) is 6.61 Å². The molecule has 4 heteroatoms. The number of fused-ring (bicyclic) bond motifs is 1. The van der Waals surface area contributed by atoms with E-state index in [0.29, 0.717) is 5.02 Å². The summed E-state index contributed by atoms with van der Waals surface area (Å²) < 4.78 is 1.92. The van der Waals surface area contributed by atoms with Crippen LogP contribution in [-0.4, -0.2) is 27.5 Å². The van der Waals surface area contributed by atoms with E-state index in [-0.39, 0.29) is 12.6 Å². The van der Waals surface area contributed by atoms with E-state index < -0.39 is 6.10 Å². The van der Waals surface area contributed by atoms with Gasteiger partial charge in [-0.1, -0.05) is 54.1 Å². The van der Waals surface area contributed by atoms with Gasteiger partial charge in [0.05, 0.1) is 23.2 Å². The third kappa shape index (κ3) is 2.56. The van der Waals surface area contributed by atoms with Gasteiger partial charge in [-0.2, -0.15) is 0 Å². The molecule has 0 aliphatic heterocycles. The number of hydrogen-bond acceptors (Lipinski definition) is 2. The first-order chi connectivity index (χ1) is 10.2. The van der Waals surface area contributed by atoms with Gasteiger partial charge in [-0.3, -0.25) is 0 Å². The summed E-state index contributed by atoms with van der Waals surface area (Å²) in [5.74, 6) is 0. The van der Waals surface area contributed by atoms with E-state index in [1.807, 2.05) is 65.4 Å². The van der Waals surface area contributed by atoms with Crippen LogP contribution in [0, 0.1) is 0 Å². The van der Waals surface area contributed by atoms with Crippen LogP contribution in [-0.2, 0) is 0 Å². The van der Waals surface area contributed by atoms with E-state index >= 15 is 0 Å². The Bertz CT molecular complexity index is 739. The molecule has 2 atom stereocenters. The van der Waals surface area contributed by atoms with Crippen molar-refractivity contribution in [3.05, 3.63) is 71.4 Å². The number of para-hydroxylation sites is 1. The number of aromatic nitrogens is 1. The quantitative estimate of drug-likeness (QED) is 0.777. The zero-order chi connectivity index (χ0) is 14.8. The Morgan fingerprint density at radius 1 is 1.00 bits per heavy atom. The molecule has 1 aromatic heterocycles. The van der Waals surface area contributed by atoms with Gasteiger partial charge in [0.25, 0.3) is 0 Å². The first-order valence-electron chi connectivity index (χ1n) is 6.81. The van der Waals surface area contributed by atoms with Gasteiger partial charge in [-0.15, -0.1) is 0 Å². The van der Waals surface area contributed by atoms with E-state index in [2.05, 4.69) is 0 Å². The van der Waals surface area contributed by atoms with E-state index in [4.69, 9.17) is 11.6 Å². The molecule has 3 aromatic rings. The monoisotopic (exact) mass is 301 g/mol. The maximum atomic E-state index is 10.3. The fourth-order valence-electron chi connectivity index (χ4n) is 2.72.